The molecule has 2 aliphatic carbocycles. The molecule has 0 bridgehead atoms. The molecule has 0 radical (unpaired) electrons. The molecule has 0 heterocycles. The summed E-state index contributed by atoms with van der Waals surface area (Å²) in [5.41, 5.74) is 2.85. The van der Waals surface area contributed by atoms with Gasteiger partial charge in [-0.2, -0.15) is 21.9 Å². The highest BCUT2D eigenvalue weighted by Gasteiger charge is 2.47. The number of fused-ring (bicyclic) bond motifs is 1. The van der Waals surface area contributed by atoms with E-state index in [1.165, 1.54) is 31.2 Å². The third-order valence-electron chi connectivity index (χ3n) is 6.17. The van der Waals surface area contributed by atoms with Crippen LogP contribution in [0.2, 0.25) is 0 Å². The van der Waals surface area contributed by atoms with Crippen LogP contribution in [-0.2, 0) is 25.0 Å². The van der Waals surface area contributed by atoms with Gasteiger partial charge in [0.15, 0.2) is 4.75 Å². The Kier molecular flexibility index (Phi) is 5.92. The first-order chi connectivity index (χ1) is 16.3. The van der Waals surface area contributed by atoms with Crippen molar-refractivity contribution in [1.29, 1.82) is 0 Å². The van der Waals surface area contributed by atoms with Crippen LogP contribution in [0, 0.1) is 0 Å². The molecule has 2 aromatic rings. The second-order valence-electron chi connectivity index (χ2n) is 8.54. The average Bonchev–Trinajstić information content (AvgIpc) is 3.02. The number of carbonyl (C=O) groups is 1. The smallest absolute Gasteiger partial charge is 0.280 e. The van der Waals surface area contributed by atoms with Crippen molar-refractivity contribution in [1.82, 2.24) is 0 Å². The molecule has 2 aliphatic rings. The fraction of sp³-hybridized carbons (Fsp3) is 0.167. The van der Waals surface area contributed by atoms with Crippen molar-refractivity contribution in [3.8, 4) is 0 Å². The Balaban J connectivity index is 1.87. The summed E-state index contributed by atoms with van der Waals surface area (Å²) in [5.74, 6) is -0.849. The van der Waals surface area contributed by atoms with E-state index in [0.29, 0.717) is 5.69 Å². The number of hydrogen-bond acceptors (Lipinski definition) is 7. The Morgan fingerprint density at radius 1 is 0.829 bits per heavy atom. The average molecular weight is 515 g/mol. The summed E-state index contributed by atoms with van der Waals surface area (Å²) in [4.78, 5) is 13.6. The maximum atomic E-state index is 13.6. The Morgan fingerprint density at radius 2 is 1.46 bits per heavy atom. The van der Waals surface area contributed by atoms with Gasteiger partial charge in [-0.05, 0) is 30.9 Å². The van der Waals surface area contributed by atoms with E-state index >= 15 is 0 Å². The van der Waals surface area contributed by atoms with Crippen LogP contribution in [-0.4, -0.2) is 46.9 Å². The lowest BCUT2D eigenvalue weighted by atomic mass is 9.97. The van der Waals surface area contributed by atoms with Crippen molar-refractivity contribution in [2.24, 2.45) is 5.10 Å². The Hall–Kier alpha value is -3.38. The molecule has 9 nitrogen and oxygen atoms in total. The van der Waals surface area contributed by atoms with Crippen molar-refractivity contribution >= 4 is 48.2 Å². The summed E-state index contributed by atoms with van der Waals surface area (Å²) in [6.07, 6.45) is 7.19. The monoisotopic (exact) mass is 514 g/mol. The summed E-state index contributed by atoms with van der Waals surface area (Å²) in [7, 11) is -9.42. The number of rotatable bonds is 4. The summed E-state index contributed by atoms with van der Waals surface area (Å²) in [6.45, 7) is 2.39. The number of hydrazone groups is 1. The first-order valence-electron chi connectivity index (χ1n) is 10.4. The fourth-order valence-electron chi connectivity index (χ4n) is 3.76. The van der Waals surface area contributed by atoms with E-state index in [4.69, 9.17) is 0 Å². The minimum atomic E-state index is -4.86. The van der Waals surface area contributed by atoms with Gasteiger partial charge in [0, 0.05) is 11.0 Å². The quantitative estimate of drug-likeness (QED) is 0.415. The molecule has 0 amide bonds. The van der Waals surface area contributed by atoms with Gasteiger partial charge in [-0.3, -0.25) is 19.3 Å². The number of hydrogen-bond donors (Lipinski definition) is 3. The molecule has 182 valence electrons. The lowest BCUT2D eigenvalue weighted by molar-refractivity contribution is -0.109. The molecule has 0 spiro atoms. The Morgan fingerprint density at radius 3 is 2.14 bits per heavy atom. The highest BCUT2D eigenvalue weighted by atomic mass is 32.2. The van der Waals surface area contributed by atoms with Gasteiger partial charge in [-0.25, -0.2) is 0 Å². The summed E-state index contributed by atoms with van der Waals surface area (Å²) >= 11 is 0. The van der Waals surface area contributed by atoms with Crippen molar-refractivity contribution in [3.63, 3.8) is 0 Å². The zero-order valence-electron chi connectivity index (χ0n) is 18.7. The van der Waals surface area contributed by atoms with Gasteiger partial charge in [0.1, 0.15) is 10.5 Å². The minimum Gasteiger partial charge on any atom is -0.287 e. The van der Waals surface area contributed by atoms with E-state index in [2.05, 4.69) is 10.5 Å². The van der Waals surface area contributed by atoms with E-state index in [-0.39, 0.29) is 11.1 Å². The fourth-order valence-corrected chi connectivity index (χ4v) is 4.86. The number of benzene rings is 2. The van der Waals surface area contributed by atoms with Gasteiger partial charge < -0.3 is 0 Å². The van der Waals surface area contributed by atoms with E-state index in [0.717, 1.165) is 29.8 Å². The van der Waals surface area contributed by atoms with E-state index < -0.39 is 41.2 Å². The molecule has 2 aromatic carbocycles. The van der Waals surface area contributed by atoms with E-state index in [1.54, 1.807) is 12.1 Å². The predicted molar refractivity (Wildman–Crippen MR) is 134 cm³/mol. The van der Waals surface area contributed by atoms with Crippen LogP contribution < -0.4 is 5.43 Å². The zero-order chi connectivity index (χ0) is 25.6. The standard InChI is InChI=1S/C24H22N2O7S2/c1-23(34(28,29)30)13-10-17-11-15-24(2,35(31,32)33)22(21(27)19(17)12-14-23)26-25-20-9-5-7-16-6-3-4-8-18(16)20/h3-15,25H,1-2H3,(H,28,29,30)(H,31,32,33)/b26-22+. The third-order valence-corrected chi connectivity index (χ3v) is 8.95. The normalized spacial score (nSPS) is 26.1. The number of carbonyl (C=O) groups excluding carboxylic acids is 1. The molecular weight excluding hydrogens is 492 g/mol. The topological polar surface area (TPSA) is 150 Å². The molecule has 4 rings (SSSR count). The Bertz CT molecular complexity index is 1610. The second-order valence-corrected chi connectivity index (χ2v) is 12.2. The Labute approximate surface area is 202 Å². The number of allylic oxidation sites excluding steroid dienone is 5. The number of ketones is 1. The number of nitrogens with one attached hydrogen (secondary N) is 1. The van der Waals surface area contributed by atoms with Crippen LogP contribution in [0.5, 0.6) is 0 Å². The second kappa shape index (κ2) is 8.38. The van der Waals surface area contributed by atoms with Crippen molar-refractivity contribution in [2.75, 3.05) is 5.43 Å². The number of Topliss-reactive ketones (excluding diaryl/α,β-unsaturated/α-hetero) is 1. The van der Waals surface area contributed by atoms with Gasteiger partial charge in [-0.15, -0.1) is 0 Å². The summed E-state index contributed by atoms with van der Waals surface area (Å²) < 4.78 is 64.2. The first kappa shape index (κ1) is 24.7. The van der Waals surface area contributed by atoms with Crippen molar-refractivity contribution in [2.45, 2.75) is 23.3 Å². The largest absolute Gasteiger partial charge is 0.287 e. The minimum absolute atomic E-state index is 0.0595. The predicted octanol–water partition coefficient (Wildman–Crippen LogP) is 3.46. The van der Waals surface area contributed by atoms with Crippen LogP contribution in [0.25, 0.3) is 10.8 Å². The van der Waals surface area contributed by atoms with Gasteiger partial charge in [0.05, 0.1) is 5.69 Å². The molecule has 11 heteroatoms. The number of nitrogens with zero attached hydrogens (tertiary/aromatic N) is 1. The molecule has 2 atom stereocenters. The third kappa shape index (κ3) is 4.27. The zero-order valence-corrected chi connectivity index (χ0v) is 20.3. The maximum Gasteiger partial charge on any atom is 0.280 e. The number of anilines is 1. The highest BCUT2D eigenvalue weighted by molar-refractivity contribution is 7.88. The molecule has 35 heavy (non-hydrogen) atoms. The molecule has 0 saturated heterocycles. The van der Waals surface area contributed by atoms with Gasteiger partial charge in [-0.1, -0.05) is 72.9 Å². The summed E-state index contributed by atoms with van der Waals surface area (Å²) in [5, 5.41) is 5.79. The van der Waals surface area contributed by atoms with Crippen LogP contribution in [0.15, 0.2) is 95.2 Å². The summed E-state index contributed by atoms with van der Waals surface area (Å²) in [6, 6.07) is 12.7. The van der Waals surface area contributed by atoms with Crippen LogP contribution in [0.1, 0.15) is 13.8 Å². The van der Waals surface area contributed by atoms with Crippen molar-refractivity contribution < 1.29 is 30.7 Å². The van der Waals surface area contributed by atoms with Gasteiger partial charge in [0.2, 0.25) is 5.78 Å². The van der Waals surface area contributed by atoms with Crippen LogP contribution >= 0.6 is 0 Å². The molecule has 0 saturated carbocycles. The van der Waals surface area contributed by atoms with E-state index in [1.807, 2.05) is 30.3 Å². The first-order valence-corrected chi connectivity index (χ1v) is 13.3. The molecule has 2 unspecified atom stereocenters. The molecule has 0 aromatic heterocycles. The lowest BCUT2D eigenvalue weighted by Crippen LogP contribution is -2.46. The van der Waals surface area contributed by atoms with Gasteiger partial charge >= 0.3 is 0 Å². The molecule has 0 fully saturated rings. The molecular formula is C24H22N2O7S2. The van der Waals surface area contributed by atoms with Crippen LogP contribution in [0.3, 0.4) is 0 Å². The van der Waals surface area contributed by atoms with Crippen molar-refractivity contribution in [3.05, 3.63) is 90.1 Å². The SMILES string of the molecule is CC1(S(=O)(=O)O)C=CC2=C(C=C1)C(=O)/C(=N\Nc1cccc3ccccc13)C(C)(S(=O)(=O)O)C=C2. The van der Waals surface area contributed by atoms with Gasteiger partial charge in [0.25, 0.3) is 20.2 Å². The maximum absolute atomic E-state index is 13.6. The molecule has 0 aliphatic heterocycles. The highest BCUT2D eigenvalue weighted by Crippen LogP contribution is 2.33. The van der Waals surface area contributed by atoms with Crippen LogP contribution in [0.4, 0.5) is 5.69 Å². The lowest BCUT2D eigenvalue weighted by Gasteiger charge is -2.23. The molecule has 3 N–H and O–H groups in total. The van der Waals surface area contributed by atoms with E-state index in [9.17, 15) is 30.7 Å².